The third-order valence-corrected chi connectivity index (χ3v) is 1.41. The van der Waals surface area contributed by atoms with E-state index in [0.29, 0.717) is 5.92 Å². The van der Waals surface area contributed by atoms with Crippen LogP contribution in [-0.2, 0) is 0 Å². The Hall–Kier alpha value is -0.790. The number of rotatable bonds is 3. The molecule has 0 rings (SSSR count). The molecule has 58 valence electrons. The van der Waals surface area contributed by atoms with E-state index in [1.807, 2.05) is 11.9 Å². The topological polar surface area (TPSA) is 15.6 Å². The third kappa shape index (κ3) is 2.67. The highest BCUT2D eigenvalue weighted by Crippen LogP contribution is 2.08. The van der Waals surface area contributed by atoms with Crippen molar-refractivity contribution in [3.05, 3.63) is 12.3 Å². The van der Waals surface area contributed by atoms with Gasteiger partial charge in [-0.2, -0.15) is 0 Å². The number of hydrogen-bond donors (Lipinski definition) is 0. The van der Waals surface area contributed by atoms with Crippen molar-refractivity contribution in [3.8, 4) is 0 Å². The number of nitrogens with zero attached hydrogens (tertiary/aromatic N) is 2. The van der Waals surface area contributed by atoms with Gasteiger partial charge in [0.1, 0.15) is 0 Å². The van der Waals surface area contributed by atoms with Gasteiger partial charge in [0.05, 0.1) is 6.34 Å². The van der Waals surface area contributed by atoms with Crippen LogP contribution in [0.2, 0.25) is 0 Å². The van der Waals surface area contributed by atoms with Crippen LogP contribution in [0.1, 0.15) is 13.8 Å². The highest BCUT2D eigenvalue weighted by Gasteiger charge is 2.02. The Kier molecular flexibility index (Phi) is 3.77. The summed E-state index contributed by atoms with van der Waals surface area (Å²) in [7, 11) is 3.71. The van der Waals surface area contributed by atoms with Crippen molar-refractivity contribution < 1.29 is 0 Å². The molecule has 0 bridgehead atoms. The molecule has 0 N–H and O–H groups in total. The van der Waals surface area contributed by atoms with Crippen molar-refractivity contribution in [2.45, 2.75) is 13.8 Å². The van der Waals surface area contributed by atoms with Gasteiger partial charge >= 0.3 is 0 Å². The molecule has 0 aliphatic rings. The van der Waals surface area contributed by atoms with E-state index < -0.39 is 0 Å². The van der Waals surface area contributed by atoms with Crippen LogP contribution >= 0.6 is 0 Å². The van der Waals surface area contributed by atoms with E-state index in [4.69, 9.17) is 0 Å². The summed E-state index contributed by atoms with van der Waals surface area (Å²) in [5.74, 6) is 0.489. The molecule has 0 aromatic carbocycles. The van der Waals surface area contributed by atoms with Crippen LogP contribution in [0.15, 0.2) is 17.3 Å². The van der Waals surface area contributed by atoms with Crippen molar-refractivity contribution in [2.75, 3.05) is 14.1 Å². The zero-order valence-electron chi connectivity index (χ0n) is 7.26. The van der Waals surface area contributed by atoms with E-state index in [0.717, 1.165) is 5.70 Å². The van der Waals surface area contributed by atoms with Gasteiger partial charge in [-0.05, 0) is 5.92 Å². The molecule has 0 spiro atoms. The van der Waals surface area contributed by atoms with Crippen LogP contribution in [0.3, 0.4) is 0 Å². The Morgan fingerprint density at radius 1 is 1.60 bits per heavy atom. The Morgan fingerprint density at radius 2 is 2.10 bits per heavy atom. The quantitative estimate of drug-likeness (QED) is 0.430. The molecule has 0 aromatic rings. The SMILES string of the molecule is C=C(C(C)C)N(C)C=NC. The lowest BCUT2D eigenvalue weighted by Gasteiger charge is -2.18. The molecule has 2 nitrogen and oxygen atoms in total. The van der Waals surface area contributed by atoms with Gasteiger partial charge in [0.15, 0.2) is 0 Å². The van der Waals surface area contributed by atoms with Crippen LogP contribution in [-0.4, -0.2) is 25.3 Å². The fraction of sp³-hybridized carbons (Fsp3) is 0.625. The summed E-state index contributed by atoms with van der Waals surface area (Å²) in [6.07, 6.45) is 1.77. The smallest absolute Gasteiger partial charge is 0.0885 e. The lowest BCUT2D eigenvalue weighted by atomic mass is 10.1. The minimum absolute atomic E-state index is 0.489. The van der Waals surface area contributed by atoms with E-state index in [2.05, 4.69) is 25.4 Å². The van der Waals surface area contributed by atoms with E-state index in [1.54, 1.807) is 13.4 Å². The van der Waals surface area contributed by atoms with Crippen molar-refractivity contribution >= 4 is 6.34 Å². The van der Waals surface area contributed by atoms with Gasteiger partial charge in [-0.25, -0.2) is 0 Å². The van der Waals surface area contributed by atoms with Gasteiger partial charge in [-0.1, -0.05) is 20.4 Å². The van der Waals surface area contributed by atoms with E-state index in [9.17, 15) is 0 Å². The normalized spacial score (nSPS) is 10.9. The maximum absolute atomic E-state index is 3.91. The second-order valence-electron chi connectivity index (χ2n) is 2.63. The maximum Gasteiger partial charge on any atom is 0.0885 e. The van der Waals surface area contributed by atoms with Gasteiger partial charge in [-0.3, -0.25) is 4.99 Å². The molecule has 0 amide bonds. The first-order chi connectivity index (χ1) is 4.59. The second kappa shape index (κ2) is 4.09. The molecular weight excluding hydrogens is 124 g/mol. The van der Waals surface area contributed by atoms with Gasteiger partial charge in [0.2, 0.25) is 0 Å². The molecule has 0 radical (unpaired) electrons. The molecule has 10 heavy (non-hydrogen) atoms. The fourth-order valence-corrected chi connectivity index (χ4v) is 0.655. The molecular formula is C8H16N2. The van der Waals surface area contributed by atoms with E-state index in [-0.39, 0.29) is 0 Å². The predicted molar refractivity (Wildman–Crippen MR) is 46.2 cm³/mol. The summed E-state index contributed by atoms with van der Waals surface area (Å²) in [5, 5.41) is 0. The Labute approximate surface area is 63.3 Å². The molecule has 0 heterocycles. The first-order valence-electron chi connectivity index (χ1n) is 3.43. The van der Waals surface area contributed by atoms with Gasteiger partial charge in [0, 0.05) is 19.8 Å². The number of allylic oxidation sites excluding steroid dienone is 1. The molecule has 0 unspecified atom stereocenters. The van der Waals surface area contributed by atoms with Crippen molar-refractivity contribution in [3.63, 3.8) is 0 Å². The minimum Gasteiger partial charge on any atom is -0.340 e. The lowest BCUT2D eigenvalue weighted by molar-refractivity contribution is 0.542. The van der Waals surface area contributed by atoms with Crippen LogP contribution in [0, 0.1) is 5.92 Å². The Bertz CT molecular complexity index is 136. The van der Waals surface area contributed by atoms with Crippen molar-refractivity contribution in [1.29, 1.82) is 0 Å². The molecule has 0 atom stereocenters. The minimum atomic E-state index is 0.489. The summed E-state index contributed by atoms with van der Waals surface area (Å²) in [4.78, 5) is 5.81. The zero-order chi connectivity index (χ0) is 8.15. The van der Waals surface area contributed by atoms with E-state index >= 15 is 0 Å². The highest BCUT2D eigenvalue weighted by atomic mass is 15.1. The van der Waals surface area contributed by atoms with Gasteiger partial charge in [0.25, 0.3) is 0 Å². The molecule has 0 aromatic heterocycles. The number of hydrogen-bond acceptors (Lipinski definition) is 1. The van der Waals surface area contributed by atoms with Gasteiger partial charge < -0.3 is 4.90 Å². The lowest BCUT2D eigenvalue weighted by Crippen LogP contribution is -2.18. The molecule has 0 aliphatic carbocycles. The van der Waals surface area contributed by atoms with Crippen LogP contribution in [0.4, 0.5) is 0 Å². The first kappa shape index (κ1) is 9.21. The summed E-state index contributed by atoms with van der Waals surface area (Å²) < 4.78 is 0. The van der Waals surface area contributed by atoms with Gasteiger partial charge in [-0.15, -0.1) is 0 Å². The van der Waals surface area contributed by atoms with Crippen LogP contribution < -0.4 is 0 Å². The Balaban J connectivity index is 3.95. The Morgan fingerprint density at radius 3 is 2.40 bits per heavy atom. The predicted octanol–water partition coefficient (Wildman–Crippen LogP) is 1.75. The maximum atomic E-state index is 3.91. The van der Waals surface area contributed by atoms with Crippen LogP contribution in [0.5, 0.6) is 0 Å². The molecule has 0 aliphatic heterocycles. The summed E-state index contributed by atoms with van der Waals surface area (Å²) in [5.41, 5.74) is 1.09. The molecule has 2 heteroatoms. The number of aliphatic imine (C=N–C) groups is 1. The highest BCUT2D eigenvalue weighted by molar-refractivity contribution is 5.57. The standard InChI is InChI=1S/C8H16N2/c1-7(2)8(3)10(5)6-9-4/h6-7H,3H2,1-2,4-5H3. The fourth-order valence-electron chi connectivity index (χ4n) is 0.655. The van der Waals surface area contributed by atoms with Crippen molar-refractivity contribution in [1.82, 2.24) is 4.90 Å². The summed E-state index contributed by atoms with van der Waals surface area (Å²) in [6.45, 7) is 8.13. The summed E-state index contributed by atoms with van der Waals surface area (Å²) in [6, 6.07) is 0. The summed E-state index contributed by atoms with van der Waals surface area (Å²) >= 11 is 0. The molecule has 0 fully saturated rings. The van der Waals surface area contributed by atoms with Crippen LogP contribution in [0.25, 0.3) is 0 Å². The zero-order valence-corrected chi connectivity index (χ0v) is 7.26. The average Bonchev–Trinajstić information content (AvgIpc) is 1.87. The first-order valence-corrected chi connectivity index (χ1v) is 3.43. The average molecular weight is 140 g/mol. The third-order valence-electron chi connectivity index (χ3n) is 1.41. The largest absolute Gasteiger partial charge is 0.340 e. The monoisotopic (exact) mass is 140 g/mol. The second-order valence-corrected chi connectivity index (χ2v) is 2.63. The molecule has 0 saturated heterocycles. The van der Waals surface area contributed by atoms with Crippen molar-refractivity contribution in [2.24, 2.45) is 10.9 Å². The molecule has 0 saturated carbocycles. The van der Waals surface area contributed by atoms with E-state index in [1.165, 1.54) is 0 Å².